The standard InChI is InChI=1S/C25H34N6O2/c1-5-6-8-20-9-7-12-31(19(20)3)25(32)16-30-15-22(27-28-30)21-10-11-23(24(13-21)33-4)29-14-18(2)26-17-29/h10-11,13-15,17,19-20H,5-9,12,16H2,1-4H3. The van der Waals surface area contributed by atoms with Crippen molar-refractivity contribution in [1.29, 1.82) is 0 Å². The lowest BCUT2D eigenvalue weighted by atomic mass is 9.86. The number of hydrogen-bond acceptors (Lipinski definition) is 5. The van der Waals surface area contributed by atoms with Gasteiger partial charge in [0, 0.05) is 24.3 Å². The third-order valence-corrected chi connectivity index (χ3v) is 6.70. The molecule has 3 aromatic rings. The summed E-state index contributed by atoms with van der Waals surface area (Å²) in [5.74, 6) is 1.43. The summed E-state index contributed by atoms with van der Waals surface area (Å²) in [5, 5.41) is 8.53. The van der Waals surface area contributed by atoms with Gasteiger partial charge in [0.25, 0.3) is 0 Å². The maximum absolute atomic E-state index is 13.1. The van der Waals surface area contributed by atoms with Gasteiger partial charge in [0.2, 0.25) is 5.91 Å². The summed E-state index contributed by atoms with van der Waals surface area (Å²) in [6, 6.07) is 6.18. The molecule has 0 N–H and O–H groups in total. The number of unbranched alkanes of at least 4 members (excludes halogenated alkanes) is 1. The number of rotatable bonds is 8. The molecule has 1 aromatic carbocycles. The van der Waals surface area contributed by atoms with Gasteiger partial charge in [-0.05, 0) is 51.2 Å². The zero-order valence-corrected chi connectivity index (χ0v) is 20.1. The molecule has 2 atom stereocenters. The van der Waals surface area contributed by atoms with E-state index >= 15 is 0 Å². The van der Waals surface area contributed by atoms with E-state index in [2.05, 4.69) is 29.1 Å². The maximum atomic E-state index is 13.1. The SMILES string of the molecule is CCCCC1CCCN(C(=O)Cn2cc(-c3ccc(-n4cnc(C)c4)c(OC)c3)nn2)C1C. The summed E-state index contributed by atoms with van der Waals surface area (Å²) in [5.41, 5.74) is 3.44. The second kappa shape index (κ2) is 10.2. The Morgan fingerprint density at radius 3 is 2.85 bits per heavy atom. The number of piperidine rings is 1. The number of hydrogen-bond donors (Lipinski definition) is 0. The van der Waals surface area contributed by atoms with Gasteiger partial charge in [-0.2, -0.15) is 0 Å². The van der Waals surface area contributed by atoms with Crippen molar-refractivity contribution in [3.8, 4) is 22.7 Å². The fourth-order valence-corrected chi connectivity index (χ4v) is 4.77. The molecule has 4 rings (SSSR count). The summed E-state index contributed by atoms with van der Waals surface area (Å²) in [6.45, 7) is 7.41. The van der Waals surface area contributed by atoms with E-state index in [1.54, 1.807) is 18.1 Å². The molecule has 0 radical (unpaired) electrons. The van der Waals surface area contributed by atoms with Gasteiger partial charge in [-0.1, -0.05) is 31.0 Å². The van der Waals surface area contributed by atoms with E-state index in [4.69, 9.17) is 4.74 Å². The van der Waals surface area contributed by atoms with E-state index in [-0.39, 0.29) is 18.5 Å². The van der Waals surface area contributed by atoms with Crippen LogP contribution >= 0.6 is 0 Å². The van der Waals surface area contributed by atoms with Crippen LogP contribution in [0.15, 0.2) is 36.9 Å². The van der Waals surface area contributed by atoms with Gasteiger partial charge in [0.15, 0.2) is 0 Å². The third kappa shape index (κ3) is 5.10. The fraction of sp³-hybridized carbons (Fsp3) is 0.520. The molecular weight excluding hydrogens is 416 g/mol. The van der Waals surface area contributed by atoms with Gasteiger partial charge in [-0.15, -0.1) is 5.10 Å². The number of benzene rings is 1. The van der Waals surface area contributed by atoms with Crippen molar-refractivity contribution in [2.24, 2.45) is 5.92 Å². The first-order chi connectivity index (χ1) is 16.0. The average molecular weight is 451 g/mol. The summed E-state index contributed by atoms with van der Waals surface area (Å²) in [7, 11) is 1.65. The Morgan fingerprint density at radius 1 is 1.27 bits per heavy atom. The molecule has 0 spiro atoms. The lowest BCUT2D eigenvalue weighted by molar-refractivity contribution is -0.137. The molecule has 8 heteroatoms. The van der Waals surface area contributed by atoms with Crippen molar-refractivity contribution in [3.05, 3.63) is 42.6 Å². The first kappa shape index (κ1) is 23.0. The molecule has 1 aliphatic heterocycles. The monoisotopic (exact) mass is 450 g/mol. The smallest absolute Gasteiger partial charge is 0.244 e. The Bertz CT molecular complexity index is 1090. The third-order valence-electron chi connectivity index (χ3n) is 6.70. The molecule has 0 aliphatic carbocycles. The molecule has 0 saturated carbocycles. The number of carbonyl (C=O) groups excluding carboxylic acids is 1. The second-order valence-corrected chi connectivity index (χ2v) is 8.98. The molecule has 1 saturated heterocycles. The zero-order chi connectivity index (χ0) is 23.4. The highest BCUT2D eigenvalue weighted by Gasteiger charge is 2.30. The van der Waals surface area contributed by atoms with Crippen LogP contribution in [-0.2, 0) is 11.3 Å². The molecule has 8 nitrogen and oxygen atoms in total. The van der Waals surface area contributed by atoms with Gasteiger partial charge < -0.3 is 14.2 Å². The molecule has 1 aliphatic rings. The van der Waals surface area contributed by atoms with Crippen LogP contribution in [0.25, 0.3) is 16.9 Å². The van der Waals surface area contributed by atoms with Gasteiger partial charge in [0.1, 0.15) is 18.0 Å². The summed E-state index contributed by atoms with van der Waals surface area (Å²) in [6.07, 6.45) is 11.5. The Morgan fingerprint density at radius 2 is 2.12 bits per heavy atom. The lowest BCUT2D eigenvalue weighted by Crippen LogP contribution is -2.48. The predicted octanol–water partition coefficient (Wildman–Crippen LogP) is 4.27. The first-order valence-electron chi connectivity index (χ1n) is 11.9. The van der Waals surface area contributed by atoms with Crippen molar-refractivity contribution in [3.63, 3.8) is 0 Å². The molecular formula is C25H34N6O2. The number of methoxy groups -OCH3 is 1. The van der Waals surface area contributed by atoms with E-state index in [0.29, 0.717) is 11.6 Å². The molecule has 2 aromatic heterocycles. The molecule has 1 amide bonds. The van der Waals surface area contributed by atoms with Crippen LogP contribution in [0.2, 0.25) is 0 Å². The van der Waals surface area contributed by atoms with Gasteiger partial charge in [-0.25, -0.2) is 9.67 Å². The van der Waals surface area contributed by atoms with Crippen LogP contribution in [0.5, 0.6) is 5.75 Å². The van der Waals surface area contributed by atoms with Gasteiger partial charge in [0.05, 0.1) is 31.0 Å². The largest absolute Gasteiger partial charge is 0.495 e. The van der Waals surface area contributed by atoms with E-state index in [0.717, 1.165) is 35.7 Å². The number of carbonyl (C=O) groups is 1. The number of amides is 1. The Labute approximate surface area is 195 Å². The first-order valence-corrected chi connectivity index (χ1v) is 11.9. The highest BCUT2D eigenvalue weighted by atomic mass is 16.5. The van der Waals surface area contributed by atoms with Crippen LogP contribution in [0, 0.1) is 12.8 Å². The van der Waals surface area contributed by atoms with Crippen molar-refractivity contribution in [1.82, 2.24) is 29.4 Å². The highest BCUT2D eigenvalue weighted by molar-refractivity contribution is 5.76. The average Bonchev–Trinajstić information content (AvgIpc) is 3.47. The molecule has 176 valence electrons. The van der Waals surface area contributed by atoms with Crippen molar-refractivity contribution >= 4 is 5.91 Å². The Balaban J connectivity index is 1.46. The van der Waals surface area contributed by atoms with E-state index in [9.17, 15) is 4.79 Å². The second-order valence-electron chi connectivity index (χ2n) is 8.98. The number of imidazole rings is 1. The van der Waals surface area contributed by atoms with Crippen LogP contribution in [-0.4, -0.2) is 55.0 Å². The van der Waals surface area contributed by atoms with Gasteiger partial charge >= 0.3 is 0 Å². The van der Waals surface area contributed by atoms with Gasteiger partial charge in [-0.3, -0.25) is 4.79 Å². The molecule has 3 heterocycles. The van der Waals surface area contributed by atoms with Crippen molar-refractivity contribution < 1.29 is 9.53 Å². The fourth-order valence-electron chi connectivity index (χ4n) is 4.77. The van der Waals surface area contributed by atoms with E-state index < -0.39 is 0 Å². The minimum absolute atomic E-state index is 0.114. The summed E-state index contributed by atoms with van der Waals surface area (Å²) < 4.78 is 9.18. The van der Waals surface area contributed by atoms with Crippen molar-refractivity contribution in [2.75, 3.05) is 13.7 Å². The number of aromatic nitrogens is 5. The topological polar surface area (TPSA) is 78.1 Å². The number of nitrogens with zero attached hydrogens (tertiary/aromatic N) is 6. The van der Waals surface area contributed by atoms with Crippen LogP contribution in [0.3, 0.4) is 0 Å². The predicted molar refractivity (Wildman–Crippen MR) is 127 cm³/mol. The van der Waals surface area contributed by atoms with E-state index in [1.807, 2.05) is 47.0 Å². The lowest BCUT2D eigenvalue weighted by Gasteiger charge is -2.39. The molecule has 1 fully saturated rings. The maximum Gasteiger partial charge on any atom is 0.244 e. The normalized spacial score (nSPS) is 18.5. The summed E-state index contributed by atoms with van der Waals surface area (Å²) >= 11 is 0. The Kier molecular flexibility index (Phi) is 7.11. The van der Waals surface area contributed by atoms with Crippen LogP contribution < -0.4 is 4.74 Å². The Hall–Kier alpha value is -3.16. The zero-order valence-electron chi connectivity index (χ0n) is 20.1. The molecule has 2 unspecified atom stereocenters. The van der Waals surface area contributed by atoms with Crippen LogP contribution in [0.4, 0.5) is 0 Å². The molecule has 0 bridgehead atoms. The summed E-state index contributed by atoms with van der Waals surface area (Å²) in [4.78, 5) is 19.4. The van der Waals surface area contributed by atoms with Crippen LogP contribution in [0.1, 0.15) is 51.6 Å². The minimum atomic E-state index is 0.114. The molecule has 33 heavy (non-hydrogen) atoms. The number of likely N-dealkylation sites (tertiary alicyclic amines) is 1. The number of ether oxygens (including phenoxy) is 1. The minimum Gasteiger partial charge on any atom is -0.495 e. The quantitative estimate of drug-likeness (QED) is 0.512. The number of aryl methyl sites for hydroxylation is 1. The van der Waals surface area contributed by atoms with Crippen molar-refractivity contribution in [2.45, 2.75) is 65.5 Å². The highest BCUT2D eigenvalue weighted by Crippen LogP contribution is 2.30. The van der Waals surface area contributed by atoms with E-state index in [1.165, 1.54) is 25.7 Å².